The summed E-state index contributed by atoms with van der Waals surface area (Å²) in [6, 6.07) is 0. The molecule has 0 aromatic carbocycles. The maximum absolute atomic E-state index is 10.4. The minimum atomic E-state index is -0.763. The molecule has 3 nitrogen and oxygen atoms in total. The molecule has 0 fully saturated rings. The Morgan fingerprint density at radius 2 is 2.08 bits per heavy atom. The van der Waals surface area contributed by atoms with Gasteiger partial charge in [-0.05, 0) is 27.7 Å². The monoisotopic (exact) mass is 206 g/mol. The number of carboxylic acid groups (broad SMARTS) is 1. The maximum Gasteiger partial charge on any atom is 0.316 e. The second-order valence-electron chi connectivity index (χ2n) is 3.81. The summed E-state index contributed by atoms with van der Waals surface area (Å²) in [4.78, 5) is 10.4. The van der Waals surface area contributed by atoms with Crippen molar-refractivity contribution in [1.82, 2.24) is 0 Å². The largest absolute Gasteiger partial charge is 0.480 e. The van der Waals surface area contributed by atoms with E-state index in [2.05, 4.69) is 0 Å². The van der Waals surface area contributed by atoms with Gasteiger partial charge in [0.1, 0.15) is 0 Å². The Kier molecular flexibility index (Phi) is 5.40. The van der Waals surface area contributed by atoms with Crippen molar-refractivity contribution >= 4 is 17.7 Å². The highest BCUT2D eigenvalue weighted by atomic mass is 32.2. The van der Waals surface area contributed by atoms with E-state index in [1.165, 1.54) is 11.8 Å². The fourth-order valence-corrected chi connectivity index (χ4v) is 1.32. The first-order valence-corrected chi connectivity index (χ1v) is 5.36. The number of aliphatic carboxylic acids is 1. The third-order valence-electron chi connectivity index (χ3n) is 1.33. The Bertz CT molecular complexity index is 163. The standard InChI is InChI=1S/C9H18O3S/c1-7(8(10)11)13-6-5-12-9(2,3)4/h7H,5-6H2,1-4H3,(H,10,11). The molecule has 0 heterocycles. The van der Waals surface area contributed by atoms with Crippen LogP contribution in [0.4, 0.5) is 0 Å². The molecule has 1 unspecified atom stereocenters. The average molecular weight is 206 g/mol. The highest BCUT2D eigenvalue weighted by molar-refractivity contribution is 8.00. The van der Waals surface area contributed by atoms with Crippen molar-refractivity contribution in [3.05, 3.63) is 0 Å². The normalized spacial score (nSPS) is 14.2. The summed E-state index contributed by atoms with van der Waals surface area (Å²) >= 11 is 1.40. The number of carbonyl (C=O) groups is 1. The molecular weight excluding hydrogens is 188 g/mol. The van der Waals surface area contributed by atoms with Gasteiger partial charge in [0, 0.05) is 5.75 Å². The highest BCUT2D eigenvalue weighted by Crippen LogP contribution is 2.12. The maximum atomic E-state index is 10.4. The first-order chi connectivity index (χ1) is 5.83. The van der Waals surface area contributed by atoms with E-state index in [4.69, 9.17) is 9.84 Å². The van der Waals surface area contributed by atoms with Crippen LogP contribution in [0.2, 0.25) is 0 Å². The summed E-state index contributed by atoms with van der Waals surface area (Å²) in [5.74, 6) is -0.0363. The molecule has 0 aromatic heterocycles. The van der Waals surface area contributed by atoms with Gasteiger partial charge in [-0.15, -0.1) is 11.8 Å². The molecule has 0 aliphatic carbocycles. The lowest BCUT2D eigenvalue weighted by Gasteiger charge is -2.19. The molecule has 0 spiro atoms. The summed E-state index contributed by atoms with van der Waals surface area (Å²) in [5, 5.41) is 8.24. The zero-order chi connectivity index (χ0) is 10.5. The van der Waals surface area contributed by atoms with E-state index in [1.54, 1.807) is 6.92 Å². The van der Waals surface area contributed by atoms with Gasteiger partial charge in [-0.25, -0.2) is 0 Å². The predicted octanol–water partition coefficient (Wildman–Crippen LogP) is 2.01. The van der Waals surface area contributed by atoms with Crippen LogP contribution < -0.4 is 0 Å². The zero-order valence-corrected chi connectivity index (χ0v) is 9.48. The quantitative estimate of drug-likeness (QED) is 0.699. The van der Waals surface area contributed by atoms with Crippen molar-refractivity contribution in [2.45, 2.75) is 38.5 Å². The van der Waals surface area contributed by atoms with Gasteiger partial charge in [0.15, 0.2) is 0 Å². The van der Waals surface area contributed by atoms with Gasteiger partial charge >= 0.3 is 5.97 Å². The molecule has 0 radical (unpaired) electrons. The van der Waals surface area contributed by atoms with E-state index in [0.29, 0.717) is 6.61 Å². The summed E-state index contributed by atoms with van der Waals surface area (Å²) in [6.07, 6.45) is 0. The molecule has 1 N–H and O–H groups in total. The molecule has 4 heteroatoms. The number of hydrogen-bond acceptors (Lipinski definition) is 3. The van der Waals surface area contributed by atoms with Crippen LogP contribution in [0.25, 0.3) is 0 Å². The van der Waals surface area contributed by atoms with E-state index in [0.717, 1.165) is 5.75 Å². The van der Waals surface area contributed by atoms with E-state index < -0.39 is 5.97 Å². The number of thioether (sulfide) groups is 1. The van der Waals surface area contributed by atoms with Gasteiger partial charge in [0.2, 0.25) is 0 Å². The van der Waals surface area contributed by atoms with Crippen LogP contribution in [0.15, 0.2) is 0 Å². The fourth-order valence-electron chi connectivity index (χ4n) is 0.644. The van der Waals surface area contributed by atoms with Crippen molar-refractivity contribution in [1.29, 1.82) is 0 Å². The molecule has 0 aromatic rings. The van der Waals surface area contributed by atoms with Crippen LogP contribution in [0.1, 0.15) is 27.7 Å². The van der Waals surface area contributed by atoms with Crippen LogP contribution in [-0.2, 0) is 9.53 Å². The Labute approximate surface area is 83.9 Å². The molecule has 0 bridgehead atoms. The lowest BCUT2D eigenvalue weighted by Crippen LogP contribution is -2.21. The molecule has 0 aliphatic heterocycles. The van der Waals surface area contributed by atoms with Crippen LogP contribution in [-0.4, -0.2) is 34.3 Å². The molecule has 0 rings (SSSR count). The predicted molar refractivity (Wildman–Crippen MR) is 55.3 cm³/mol. The molecule has 0 saturated carbocycles. The SMILES string of the molecule is CC(SCCOC(C)(C)C)C(=O)O. The van der Waals surface area contributed by atoms with Crippen molar-refractivity contribution < 1.29 is 14.6 Å². The van der Waals surface area contributed by atoms with Crippen molar-refractivity contribution in [3.8, 4) is 0 Å². The molecule has 78 valence electrons. The van der Waals surface area contributed by atoms with Gasteiger partial charge in [-0.2, -0.15) is 0 Å². The molecule has 0 saturated heterocycles. The molecule has 13 heavy (non-hydrogen) atoms. The van der Waals surface area contributed by atoms with E-state index in [-0.39, 0.29) is 10.9 Å². The second-order valence-corrected chi connectivity index (χ2v) is 5.26. The van der Waals surface area contributed by atoms with E-state index in [9.17, 15) is 4.79 Å². The van der Waals surface area contributed by atoms with Crippen molar-refractivity contribution in [2.75, 3.05) is 12.4 Å². The summed E-state index contributed by atoms with van der Waals surface area (Å²) in [6.45, 7) is 8.24. The minimum absolute atomic E-state index is 0.132. The van der Waals surface area contributed by atoms with Gasteiger partial charge in [0.05, 0.1) is 17.5 Å². The topological polar surface area (TPSA) is 46.5 Å². The van der Waals surface area contributed by atoms with Gasteiger partial charge in [-0.1, -0.05) is 0 Å². The first-order valence-electron chi connectivity index (χ1n) is 4.31. The van der Waals surface area contributed by atoms with Crippen molar-refractivity contribution in [2.24, 2.45) is 0 Å². The Hall–Kier alpha value is -0.220. The Morgan fingerprint density at radius 1 is 1.54 bits per heavy atom. The first kappa shape index (κ1) is 12.8. The number of carboxylic acids is 1. The zero-order valence-electron chi connectivity index (χ0n) is 8.66. The smallest absolute Gasteiger partial charge is 0.316 e. The Balaban J connectivity index is 3.41. The molecule has 0 amide bonds. The lowest BCUT2D eigenvalue weighted by atomic mass is 10.2. The Morgan fingerprint density at radius 3 is 2.46 bits per heavy atom. The lowest BCUT2D eigenvalue weighted by molar-refractivity contribution is -0.136. The third kappa shape index (κ3) is 8.12. The summed E-state index contributed by atoms with van der Waals surface area (Å²) in [7, 11) is 0. The van der Waals surface area contributed by atoms with Crippen molar-refractivity contribution in [3.63, 3.8) is 0 Å². The number of rotatable bonds is 5. The van der Waals surface area contributed by atoms with E-state index in [1.807, 2.05) is 20.8 Å². The second kappa shape index (κ2) is 5.50. The summed E-state index contributed by atoms with van der Waals surface area (Å²) < 4.78 is 5.45. The fraction of sp³-hybridized carbons (Fsp3) is 0.889. The van der Waals surface area contributed by atoms with Gasteiger partial charge in [0.25, 0.3) is 0 Å². The van der Waals surface area contributed by atoms with Crippen LogP contribution in [0, 0.1) is 0 Å². The van der Waals surface area contributed by atoms with Gasteiger partial charge < -0.3 is 9.84 Å². The summed E-state index contributed by atoms with van der Waals surface area (Å²) in [5.41, 5.74) is -0.132. The number of ether oxygens (including phenoxy) is 1. The average Bonchev–Trinajstić information content (AvgIpc) is 1.95. The van der Waals surface area contributed by atoms with Crippen LogP contribution in [0.5, 0.6) is 0 Å². The third-order valence-corrected chi connectivity index (χ3v) is 2.44. The molecule has 0 aliphatic rings. The highest BCUT2D eigenvalue weighted by Gasteiger charge is 2.12. The minimum Gasteiger partial charge on any atom is -0.480 e. The molecule has 1 atom stereocenters. The van der Waals surface area contributed by atoms with Crippen LogP contribution >= 0.6 is 11.8 Å². The number of hydrogen-bond donors (Lipinski definition) is 1. The van der Waals surface area contributed by atoms with Gasteiger partial charge in [-0.3, -0.25) is 4.79 Å². The molecular formula is C9H18O3S. The van der Waals surface area contributed by atoms with Crippen LogP contribution in [0.3, 0.4) is 0 Å². The van der Waals surface area contributed by atoms with E-state index >= 15 is 0 Å².